The maximum absolute atomic E-state index is 11.8. The lowest BCUT2D eigenvalue weighted by Crippen LogP contribution is -2.44. The highest BCUT2D eigenvalue weighted by molar-refractivity contribution is 5.74. The highest BCUT2D eigenvalue weighted by Gasteiger charge is 2.21. The Kier molecular flexibility index (Phi) is 8.87. The van der Waals surface area contributed by atoms with Gasteiger partial charge in [0.05, 0.1) is 0 Å². The fraction of sp³-hybridized carbons (Fsp3) is 0.875. The van der Waals surface area contributed by atoms with Gasteiger partial charge in [0.2, 0.25) is 0 Å². The van der Waals surface area contributed by atoms with Crippen molar-refractivity contribution < 1.29 is 14.7 Å². The summed E-state index contributed by atoms with van der Waals surface area (Å²) in [6.45, 7) is 2.89. The van der Waals surface area contributed by atoms with Crippen molar-refractivity contribution >= 4 is 12.0 Å². The van der Waals surface area contributed by atoms with E-state index in [0.717, 1.165) is 32.1 Å². The van der Waals surface area contributed by atoms with Crippen LogP contribution >= 0.6 is 0 Å². The van der Waals surface area contributed by atoms with Crippen molar-refractivity contribution in [2.24, 2.45) is 5.92 Å². The molecule has 122 valence electrons. The highest BCUT2D eigenvalue weighted by Crippen LogP contribution is 2.22. The molecular formula is C16H30N2O3. The summed E-state index contributed by atoms with van der Waals surface area (Å²) in [5.74, 6) is -0.167. The summed E-state index contributed by atoms with van der Waals surface area (Å²) in [6.07, 6.45) is 9.81. The molecule has 0 saturated heterocycles. The Bertz CT molecular complexity index is 321. The number of carboxylic acids is 1. The van der Waals surface area contributed by atoms with Gasteiger partial charge in [0, 0.05) is 19.0 Å². The van der Waals surface area contributed by atoms with Gasteiger partial charge < -0.3 is 15.7 Å². The summed E-state index contributed by atoms with van der Waals surface area (Å²) >= 11 is 0. The first kappa shape index (κ1) is 17.8. The van der Waals surface area contributed by atoms with Gasteiger partial charge in [0.15, 0.2) is 0 Å². The average Bonchev–Trinajstić information content (AvgIpc) is 2.63. The number of urea groups is 1. The van der Waals surface area contributed by atoms with Gasteiger partial charge in [-0.2, -0.15) is 0 Å². The molecule has 0 spiro atoms. The standard InChI is InChI=1S/C16H30N2O3/c1-13-9-5-4-6-10-14(13)18-16(21)17-12-8-3-2-7-11-15(19)20/h13-14H,2-12H2,1H3,(H,19,20)(H2,17,18,21). The number of unbranched alkanes of at least 4 members (excludes halogenated alkanes) is 3. The first-order valence-electron chi connectivity index (χ1n) is 8.35. The van der Waals surface area contributed by atoms with E-state index < -0.39 is 5.97 Å². The molecule has 5 nitrogen and oxygen atoms in total. The number of nitrogens with one attached hydrogen (secondary N) is 2. The topological polar surface area (TPSA) is 78.4 Å². The predicted molar refractivity (Wildman–Crippen MR) is 83.3 cm³/mol. The lowest BCUT2D eigenvalue weighted by atomic mass is 9.97. The van der Waals surface area contributed by atoms with Crippen LogP contribution in [0, 0.1) is 5.92 Å². The maximum atomic E-state index is 11.8. The van der Waals surface area contributed by atoms with Crippen LogP contribution in [0.5, 0.6) is 0 Å². The van der Waals surface area contributed by atoms with E-state index in [9.17, 15) is 9.59 Å². The van der Waals surface area contributed by atoms with Crippen molar-refractivity contribution in [1.82, 2.24) is 10.6 Å². The maximum Gasteiger partial charge on any atom is 0.315 e. The average molecular weight is 298 g/mol. The number of rotatable bonds is 8. The van der Waals surface area contributed by atoms with E-state index in [1.807, 2.05) is 0 Å². The molecule has 0 bridgehead atoms. The zero-order valence-corrected chi connectivity index (χ0v) is 13.2. The van der Waals surface area contributed by atoms with E-state index in [1.165, 1.54) is 25.7 Å². The molecule has 0 aliphatic heterocycles. The van der Waals surface area contributed by atoms with E-state index in [-0.39, 0.29) is 12.5 Å². The minimum atomic E-state index is -0.731. The summed E-state index contributed by atoms with van der Waals surface area (Å²) in [5, 5.41) is 14.5. The Morgan fingerprint density at radius 1 is 1.05 bits per heavy atom. The zero-order valence-electron chi connectivity index (χ0n) is 13.2. The van der Waals surface area contributed by atoms with Crippen molar-refractivity contribution in [1.29, 1.82) is 0 Å². The van der Waals surface area contributed by atoms with Crippen LogP contribution in [-0.4, -0.2) is 29.7 Å². The van der Waals surface area contributed by atoms with Gasteiger partial charge in [-0.15, -0.1) is 0 Å². The highest BCUT2D eigenvalue weighted by atomic mass is 16.4. The number of amides is 2. The summed E-state index contributed by atoms with van der Waals surface area (Å²) in [5.41, 5.74) is 0. The minimum Gasteiger partial charge on any atom is -0.481 e. The molecule has 0 radical (unpaired) electrons. The Balaban J connectivity index is 2.04. The number of hydrogen-bond acceptors (Lipinski definition) is 2. The van der Waals surface area contributed by atoms with Crippen LogP contribution in [0.2, 0.25) is 0 Å². The van der Waals surface area contributed by atoms with Gasteiger partial charge in [-0.3, -0.25) is 4.79 Å². The molecule has 0 aromatic heterocycles. The molecule has 0 heterocycles. The summed E-state index contributed by atoms with van der Waals surface area (Å²) in [4.78, 5) is 22.2. The molecule has 0 aromatic rings. The van der Waals surface area contributed by atoms with E-state index in [1.54, 1.807) is 0 Å². The molecule has 3 N–H and O–H groups in total. The van der Waals surface area contributed by atoms with Crippen molar-refractivity contribution in [2.45, 2.75) is 77.2 Å². The molecule has 1 aliphatic rings. The third-order valence-corrected chi connectivity index (χ3v) is 4.28. The molecule has 21 heavy (non-hydrogen) atoms. The van der Waals surface area contributed by atoms with Gasteiger partial charge in [-0.1, -0.05) is 39.0 Å². The second-order valence-electron chi connectivity index (χ2n) is 6.18. The molecule has 5 heteroatoms. The quantitative estimate of drug-likeness (QED) is 0.475. The Labute approximate surface area is 127 Å². The van der Waals surface area contributed by atoms with Crippen LogP contribution in [0.3, 0.4) is 0 Å². The SMILES string of the molecule is CC1CCCCCC1NC(=O)NCCCCCCC(=O)O. The van der Waals surface area contributed by atoms with Crippen LogP contribution < -0.4 is 10.6 Å². The fourth-order valence-corrected chi connectivity index (χ4v) is 2.88. The second kappa shape index (κ2) is 10.5. The molecule has 1 aliphatic carbocycles. The molecule has 2 amide bonds. The summed E-state index contributed by atoms with van der Waals surface area (Å²) < 4.78 is 0. The van der Waals surface area contributed by atoms with Crippen LogP contribution in [-0.2, 0) is 4.79 Å². The Morgan fingerprint density at radius 2 is 1.76 bits per heavy atom. The van der Waals surface area contributed by atoms with Crippen molar-refractivity contribution in [3.8, 4) is 0 Å². The molecular weight excluding hydrogens is 268 g/mol. The first-order valence-corrected chi connectivity index (χ1v) is 8.35. The number of aliphatic carboxylic acids is 1. The number of carbonyl (C=O) groups excluding carboxylic acids is 1. The Morgan fingerprint density at radius 3 is 2.52 bits per heavy atom. The predicted octanol–water partition coefficient (Wildman–Crippen LogP) is 3.29. The van der Waals surface area contributed by atoms with Gasteiger partial charge in [0.1, 0.15) is 0 Å². The van der Waals surface area contributed by atoms with Gasteiger partial charge >= 0.3 is 12.0 Å². The monoisotopic (exact) mass is 298 g/mol. The lowest BCUT2D eigenvalue weighted by molar-refractivity contribution is -0.137. The van der Waals surface area contributed by atoms with Crippen LogP contribution in [0.25, 0.3) is 0 Å². The smallest absolute Gasteiger partial charge is 0.315 e. The Hall–Kier alpha value is -1.26. The van der Waals surface area contributed by atoms with Gasteiger partial charge in [-0.05, 0) is 31.6 Å². The normalized spacial score (nSPS) is 22.3. The first-order chi connectivity index (χ1) is 10.1. The molecule has 2 atom stereocenters. The van der Waals surface area contributed by atoms with Crippen LogP contribution in [0.1, 0.15) is 71.1 Å². The third kappa shape index (κ3) is 8.58. The van der Waals surface area contributed by atoms with Crippen molar-refractivity contribution in [3.05, 3.63) is 0 Å². The zero-order chi connectivity index (χ0) is 15.5. The van der Waals surface area contributed by atoms with E-state index in [4.69, 9.17) is 5.11 Å². The lowest BCUT2D eigenvalue weighted by Gasteiger charge is -2.23. The number of hydrogen-bond donors (Lipinski definition) is 3. The summed E-state index contributed by atoms with van der Waals surface area (Å²) in [6, 6.07) is 0.252. The van der Waals surface area contributed by atoms with E-state index >= 15 is 0 Å². The minimum absolute atomic E-state index is 0.0562. The van der Waals surface area contributed by atoms with Crippen LogP contribution in [0.15, 0.2) is 0 Å². The largest absolute Gasteiger partial charge is 0.481 e. The van der Waals surface area contributed by atoms with Crippen molar-refractivity contribution in [2.75, 3.05) is 6.54 Å². The third-order valence-electron chi connectivity index (χ3n) is 4.28. The molecule has 1 rings (SSSR count). The second-order valence-corrected chi connectivity index (χ2v) is 6.18. The van der Waals surface area contributed by atoms with E-state index in [2.05, 4.69) is 17.6 Å². The summed E-state index contributed by atoms with van der Waals surface area (Å²) in [7, 11) is 0. The fourth-order valence-electron chi connectivity index (χ4n) is 2.88. The molecule has 1 fully saturated rings. The number of carbonyl (C=O) groups is 2. The number of carboxylic acid groups (broad SMARTS) is 1. The molecule has 2 unspecified atom stereocenters. The molecule has 1 saturated carbocycles. The van der Waals surface area contributed by atoms with Gasteiger partial charge in [0.25, 0.3) is 0 Å². The van der Waals surface area contributed by atoms with Crippen molar-refractivity contribution in [3.63, 3.8) is 0 Å². The van der Waals surface area contributed by atoms with Crippen LogP contribution in [0.4, 0.5) is 4.79 Å². The van der Waals surface area contributed by atoms with E-state index in [0.29, 0.717) is 18.5 Å². The molecule has 0 aromatic carbocycles. The van der Waals surface area contributed by atoms with Gasteiger partial charge in [-0.25, -0.2) is 4.79 Å².